The largest absolute Gasteiger partial charge is 0.373 e. The topological polar surface area (TPSA) is 58.9 Å². The smallest absolute Gasteiger partial charge is 0.163 e. The van der Waals surface area contributed by atoms with Crippen molar-refractivity contribution >= 4 is 22.5 Å². The third kappa shape index (κ3) is 2.94. The maximum Gasteiger partial charge on any atom is 0.163 e. The van der Waals surface area contributed by atoms with Gasteiger partial charge in [0.15, 0.2) is 5.65 Å². The monoisotopic (exact) mass is 314 g/mol. The number of aromatic nitrogens is 4. The van der Waals surface area contributed by atoms with Crippen LogP contribution in [0.15, 0.2) is 30.7 Å². The zero-order valence-electron chi connectivity index (χ0n) is 13.4. The number of hydrogen-bond acceptors (Lipinski definition) is 5. The van der Waals surface area contributed by atoms with Crippen LogP contribution in [0.3, 0.4) is 0 Å². The fourth-order valence-corrected chi connectivity index (χ4v) is 2.43. The SMILES string of the molecule is CCN(C)c1ccc(CNc2ncnc3c2cnn3C)cc1F. The molecule has 2 aromatic heterocycles. The number of fused-ring (bicyclic) bond motifs is 1. The molecule has 0 atom stereocenters. The Balaban J connectivity index is 1.79. The van der Waals surface area contributed by atoms with E-state index in [1.165, 1.54) is 6.33 Å². The number of hydrogen-bond donors (Lipinski definition) is 1. The van der Waals surface area contributed by atoms with Gasteiger partial charge in [-0.1, -0.05) is 6.07 Å². The summed E-state index contributed by atoms with van der Waals surface area (Å²) in [5.74, 6) is 0.473. The summed E-state index contributed by atoms with van der Waals surface area (Å²) in [7, 11) is 3.70. The summed E-state index contributed by atoms with van der Waals surface area (Å²) >= 11 is 0. The molecule has 2 heterocycles. The van der Waals surface area contributed by atoms with Gasteiger partial charge in [-0.25, -0.2) is 14.4 Å². The van der Waals surface area contributed by atoms with E-state index in [9.17, 15) is 4.39 Å². The van der Waals surface area contributed by atoms with E-state index in [0.717, 1.165) is 23.1 Å². The van der Waals surface area contributed by atoms with Crippen LogP contribution >= 0.6 is 0 Å². The van der Waals surface area contributed by atoms with Crippen LogP contribution < -0.4 is 10.2 Å². The van der Waals surface area contributed by atoms with E-state index in [0.29, 0.717) is 18.1 Å². The van der Waals surface area contributed by atoms with Gasteiger partial charge in [0.05, 0.1) is 17.3 Å². The number of rotatable bonds is 5. The molecule has 0 spiro atoms. The van der Waals surface area contributed by atoms with Crippen molar-refractivity contribution in [1.82, 2.24) is 19.7 Å². The molecule has 0 saturated heterocycles. The molecular weight excluding hydrogens is 295 g/mol. The Kier molecular flexibility index (Phi) is 4.10. The first-order valence-corrected chi connectivity index (χ1v) is 7.46. The summed E-state index contributed by atoms with van der Waals surface area (Å²) in [6.45, 7) is 3.23. The van der Waals surface area contributed by atoms with E-state index < -0.39 is 0 Å². The highest BCUT2D eigenvalue weighted by atomic mass is 19.1. The van der Waals surface area contributed by atoms with E-state index in [1.807, 2.05) is 32.0 Å². The van der Waals surface area contributed by atoms with Crippen LogP contribution in [0, 0.1) is 5.82 Å². The fraction of sp³-hybridized carbons (Fsp3) is 0.312. The molecule has 120 valence electrons. The molecule has 0 amide bonds. The van der Waals surface area contributed by atoms with Crippen molar-refractivity contribution in [3.05, 3.63) is 42.1 Å². The molecule has 3 aromatic rings. The Morgan fingerprint density at radius 3 is 2.87 bits per heavy atom. The molecule has 0 aliphatic carbocycles. The quantitative estimate of drug-likeness (QED) is 0.784. The molecule has 7 heteroatoms. The molecule has 6 nitrogen and oxygen atoms in total. The zero-order chi connectivity index (χ0) is 16.4. The van der Waals surface area contributed by atoms with E-state index in [2.05, 4.69) is 20.4 Å². The Bertz CT molecular complexity index is 829. The summed E-state index contributed by atoms with van der Waals surface area (Å²) in [5.41, 5.74) is 2.22. The van der Waals surface area contributed by atoms with Crippen molar-refractivity contribution in [3.8, 4) is 0 Å². The molecule has 0 bridgehead atoms. The van der Waals surface area contributed by atoms with Gasteiger partial charge in [0.1, 0.15) is 18.0 Å². The summed E-state index contributed by atoms with van der Waals surface area (Å²) in [4.78, 5) is 10.3. The lowest BCUT2D eigenvalue weighted by atomic mass is 10.2. The first-order chi connectivity index (χ1) is 11.1. The van der Waals surface area contributed by atoms with Gasteiger partial charge in [0.25, 0.3) is 0 Å². The highest BCUT2D eigenvalue weighted by molar-refractivity contribution is 5.85. The van der Waals surface area contributed by atoms with Crippen LogP contribution in [0.1, 0.15) is 12.5 Å². The number of nitrogens with zero attached hydrogens (tertiary/aromatic N) is 5. The summed E-state index contributed by atoms with van der Waals surface area (Å²) in [6.07, 6.45) is 3.21. The second-order valence-corrected chi connectivity index (χ2v) is 5.38. The lowest BCUT2D eigenvalue weighted by Gasteiger charge is -2.18. The van der Waals surface area contributed by atoms with E-state index in [1.54, 1.807) is 23.0 Å². The molecule has 23 heavy (non-hydrogen) atoms. The predicted molar refractivity (Wildman–Crippen MR) is 89.0 cm³/mol. The molecule has 0 radical (unpaired) electrons. The molecule has 1 aromatic carbocycles. The van der Waals surface area contributed by atoms with E-state index >= 15 is 0 Å². The normalized spacial score (nSPS) is 11.0. The molecule has 0 aliphatic rings. The van der Waals surface area contributed by atoms with E-state index in [4.69, 9.17) is 0 Å². The Morgan fingerprint density at radius 2 is 2.13 bits per heavy atom. The van der Waals surface area contributed by atoms with Crippen molar-refractivity contribution in [2.75, 3.05) is 23.8 Å². The average Bonchev–Trinajstić information content (AvgIpc) is 2.94. The van der Waals surface area contributed by atoms with Gasteiger partial charge in [0, 0.05) is 27.2 Å². The fourth-order valence-electron chi connectivity index (χ4n) is 2.43. The second-order valence-electron chi connectivity index (χ2n) is 5.38. The zero-order valence-corrected chi connectivity index (χ0v) is 13.4. The van der Waals surface area contributed by atoms with Gasteiger partial charge in [-0.15, -0.1) is 0 Å². The maximum atomic E-state index is 14.2. The molecule has 0 aliphatic heterocycles. The molecule has 0 unspecified atom stereocenters. The highest BCUT2D eigenvalue weighted by Crippen LogP contribution is 2.21. The van der Waals surface area contributed by atoms with Gasteiger partial charge in [-0.2, -0.15) is 5.10 Å². The maximum absolute atomic E-state index is 14.2. The van der Waals surface area contributed by atoms with Crippen LogP contribution in [-0.4, -0.2) is 33.3 Å². The Morgan fingerprint density at radius 1 is 1.30 bits per heavy atom. The van der Waals surface area contributed by atoms with Crippen molar-refractivity contribution in [2.45, 2.75) is 13.5 Å². The number of anilines is 2. The molecule has 0 fully saturated rings. The van der Waals surface area contributed by atoms with Gasteiger partial charge in [0.2, 0.25) is 0 Å². The van der Waals surface area contributed by atoms with Crippen molar-refractivity contribution in [2.24, 2.45) is 7.05 Å². The van der Waals surface area contributed by atoms with Crippen LogP contribution in [0.2, 0.25) is 0 Å². The summed E-state index contributed by atoms with van der Waals surface area (Å²) in [5, 5.41) is 8.24. The lowest BCUT2D eigenvalue weighted by Crippen LogP contribution is -2.17. The number of halogens is 1. The van der Waals surface area contributed by atoms with Gasteiger partial charge in [-0.3, -0.25) is 4.68 Å². The summed E-state index contributed by atoms with van der Waals surface area (Å²) in [6, 6.07) is 5.27. The third-order valence-electron chi connectivity index (χ3n) is 3.89. The Hall–Kier alpha value is -2.70. The highest BCUT2D eigenvalue weighted by Gasteiger charge is 2.09. The van der Waals surface area contributed by atoms with Crippen molar-refractivity contribution < 1.29 is 4.39 Å². The van der Waals surface area contributed by atoms with Gasteiger partial charge in [-0.05, 0) is 24.6 Å². The molecule has 3 rings (SSSR count). The minimum Gasteiger partial charge on any atom is -0.373 e. The minimum atomic E-state index is -0.220. The predicted octanol–water partition coefficient (Wildman–Crippen LogP) is 2.57. The number of nitrogens with one attached hydrogen (secondary N) is 1. The summed E-state index contributed by atoms with van der Waals surface area (Å²) < 4.78 is 15.9. The van der Waals surface area contributed by atoms with Gasteiger partial charge < -0.3 is 10.2 Å². The molecular formula is C16H19FN6. The first kappa shape index (κ1) is 15.2. The van der Waals surface area contributed by atoms with E-state index in [-0.39, 0.29) is 5.82 Å². The van der Waals surface area contributed by atoms with Crippen LogP contribution in [-0.2, 0) is 13.6 Å². The second kappa shape index (κ2) is 6.20. The molecule has 1 N–H and O–H groups in total. The van der Waals surface area contributed by atoms with Gasteiger partial charge >= 0.3 is 0 Å². The lowest BCUT2D eigenvalue weighted by molar-refractivity contribution is 0.621. The number of benzene rings is 1. The number of aryl methyl sites for hydroxylation is 1. The van der Waals surface area contributed by atoms with Crippen LogP contribution in [0.25, 0.3) is 11.0 Å². The average molecular weight is 314 g/mol. The first-order valence-electron chi connectivity index (χ1n) is 7.46. The van der Waals surface area contributed by atoms with Crippen molar-refractivity contribution in [1.29, 1.82) is 0 Å². The van der Waals surface area contributed by atoms with Crippen LogP contribution in [0.4, 0.5) is 15.9 Å². The third-order valence-corrected chi connectivity index (χ3v) is 3.89. The van der Waals surface area contributed by atoms with Crippen LogP contribution in [0.5, 0.6) is 0 Å². The molecule has 0 saturated carbocycles. The standard InChI is InChI=1S/C16H19FN6/c1-4-22(2)14-6-5-11(7-13(14)17)8-18-15-12-9-21-23(3)16(12)20-10-19-15/h5-7,9-10H,4,8H2,1-3H3,(H,18,19,20). The Labute approximate surface area is 134 Å². The van der Waals surface area contributed by atoms with Crippen molar-refractivity contribution in [3.63, 3.8) is 0 Å². The minimum absolute atomic E-state index is 0.220.